The van der Waals surface area contributed by atoms with Gasteiger partial charge < -0.3 is 15.5 Å². The van der Waals surface area contributed by atoms with Crippen molar-refractivity contribution in [3.63, 3.8) is 0 Å². The second-order valence-corrected chi connectivity index (χ2v) is 5.71. The van der Waals surface area contributed by atoms with Gasteiger partial charge in [0.25, 0.3) is 0 Å². The van der Waals surface area contributed by atoms with Crippen LogP contribution < -0.4 is 10.6 Å². The fourth-order valence-corrected chi connectivity index (χ4v) is 2.78. The average Bonchev–Trinajstić information content (AvgIpc) is 2.37. The predicted molar refractivity (Wildman–Crippen MR) is 80.3 cm³/mol. The highest BCUT2D eigenvalue weighted by molar-refractivity contribution is 6.30. The molecule has 0 radical (unpaired) electrons. The molecule has 0 spiro atoms. The lowest BCUT2D eigenvalue weighted by atomic mass is 10.1. The molecule has 20 heavy (non-hydrogen) atoms. The summed E-state index contributed by atoms with van der Waals surface area (Å²) >= 11 is 5.91. The first kappa shape index (κ1) is 13.7. The van der Waals surface area contributed by atoms with Gasteiger partial charge in [-0.3, -0.25) is 4.90 Å². The normalized spacial score (nSPS) is 20.6. The summed E-state index contributed by atoms with van der Waals surface area (Å²) in [6.07, 6.45) is 0. The first-order valence-corrected chi connectivity index (χ1v) is 7.36. The van der Waals surface area contributed by atoms with Crippen LogP contribution in [0.15, 0.2) is 24.3 Å². The minimum atomic E-state index is -0.0429. The molecule has 2 amide bonds. The maximum absolute atomic E-state index is 12.2. The molecule has 108 valence electrons. The lowest BCUT2D eigenvalue weighted by molar-refractivity contribution is 0.0878. The Morgan fingerprint density at radius 3 is 2.60 bits per heavy atom. The van der Waals surface area contributed by atoms with Crippen molar-refractivity contribution < 1.29 is 4.79 Å². The van der Waals surface area contributed by atoms with Crippen molar-refractivity contribution in [3.8, 4) is 0 Å². The maximum Gasteiger partial charge on any atom is 0.321 e. The van der Waals surface area contributed by atoms with Crippen LogP contribution >= 0.6 is 11.6 Å². The Kier molecular flexibility index (Phi) is 4.10. The van der Waals surface area contributed by atoms with E-state index in [4.69, 9.17) is 11.6 Å². The number of hydrogen-bond donors (Lipinski definition) is 2. The molecule has 1 aromatic carbocycles. The van der Waals surface area contributed by atoms with Crippen LogP contribution in [0.25, 0.3) is 0 Å². The molecule has 0 atom stereocenters. The molecule has 0 aliphatic carbocycles. The highest BCUT2D eigenvalue weighted by Crippen LogP contribution is 2.16. The van der Waals surface area contributed by atoms with E-state index in [0.717, 1.165) is 45.0 Å². The fourth-order valence-electron chi connectivity index (χ4n) is 2.59. The number of benzene rings is 1. The number of anilines is 1. The molecule has 3 rings (SSSR count). The fraction of sp³-hybridized carbons (Fsp3) is 0.500. The Morgan fingerprint density at radius 1 is 1.25 bits per heavy atom. The van der Waals surface area contributed by atoms with Gasteiger partial charge in [0, 0.05) is 56.0 Å². The van der Waals surface area contributed by atoms with Gasteiger partial charge in [-0.2, -0.15) is 0 Å². The summed E-state index contributed by atoms with van der Waals surface area (Å²) in [5.74, 6) is 0. The van der Waals surface area contributed by atoms with Crippen LogP contribution in [-0.2, 0) is 0 Å². The summed E-state index contributed by atoms with van der Waals surface area (Å²) in [5.41, 5.74) is 0.744. The van der Waals surface area contributed by atoms with E-state index in [1.807, 2.05) is 17.0 Å². The zero-order chi connectivity index (χ0) is 13.9. The summed E-state index contributed by atoms with van der Waals surface area (Å²) in [4.78, 5) is 16.5. The first-order valence-electron chi connectivity index (χ1n) is 6.98. The Hall–Kier alpha value is -1.30. The Labute approximate surface area is 123 Å². The van der Waals surface area contributed by atoms with Gasteiger partial charge in [-0.15, -0.1) is 0 Å². The van der Waals surface area contributed by atoms with E-state index in [9.17, 15) is 4.79 Å². The van der Waals surface area contributed by atoms with E-state index < -0.39 is 0 Å². The quantitative estimate of drug-likeness (QED) is 0.868. The lowest BCUT2D eigenvalue weighted by Crippen LogP contribution is -2.62. The number of halogens is 1. The van der Waals surface area contributed by atoms with Crippen LogP contribution in [-0.4, -0.2) is 61.1 Å². The molecule has 2 N–H and O–H groups in total. The number of nitrogens with zero attached hydrogens (tertiary/aromatic N) is 2. The smallest absolute Gasteiger partial charge is 0.321 e. The molecule has 6 heteroatoms. The van der Waals surface area contributed by atoms with E-state index in [0.29, 0.717) is 11.1 Å². The SMILES string of the molecule is O=C(Nc1cccc(Cl)c1)N1CCN(C2CNC2)CC1. The van der Waals surface area contributed by atoms with Crippen LogP contribution in [0, 0.1) is 0 Å². The van der Waals surface area contributed by atoms with Crippen molar-refractivity contribution in [2.75, 3.05) is 44.6 Å². The summed E-state index contributed by atoms with van der Waals surface area (Å²) in [7, 11) is 0. The van der Waals surface area contributed by atoms with Crippen molar-refractivity contribution >= 4 is 23.3 Å². The highest BCUT2D eigenvalue weighted by atomic mass is 35.5. The molecule has 2 fully saturated rings. The summed E-state index contributed by atoms with van der Waals surface area (Å²) in [5, 5.41) is 6.81. The monoisotopic (exact) mass is 294 g/mol. The molecule has 5 nitrogen and oxygen atoms in total. The minimum Gasteiger partial charge on any atom is -0.322 e. The largest absolute Gasteiger partial charge is 0.322 e. The molecular weight excluding hydrogens is 276 g/mol. The van der Waals surface area contributed by atoms with Gasteiger partial charge in [-0.25, -0.2) is 4.79 Å². The van der Waals surface area contributed by atoms with Crippen LogP contribution in [0.5, 0.6) is 0 Å². The number of urea groups is 1. The molecule has 0 aromatic heterocycles. The van der Waals surface area contributed by atoms with Crippen molar-refractivity contribution in [2.45, 2.75) is 6.04 Å². The Morgan fingerprint density at radius 2 is 2.00 bits per heavy atom. The third-order valence-electron chi connectivity index (χ3n) is 3.95. The van der Waals surface area contributed by atoms with Gasteiger partial charge in [0.1, 0.15) is 0 Å². The molecule has 0 unspecified atom stereocenters. The van der Waals surface area contributed by atoms with E-state index in [1.165, 1.54) is 0 Å². The van der Waals surface area contributed by atoms with Crippen LogP contribution in [0.4, 0.5) is 10.5 Å². The highest BCUT2D eigenvalue weighted by Gasteiger charge is 2.29. The zero-order valence-electron chi connectivity index (χ0n) is 11.3. The van der Waals surface area contributed by atoms with Gasteiger partial charge in [-0.05, 0) is 18.2 Å². The molecule has 2 aliphatic heterocycles. The minimum absolute atomic E-state index is 0.0429. The van der Waals surface area contributed by atoms with Crippen molar-refractivity contribution in [2.24, 2.45) is 0 Å². The van der Waals surface area contributed by atoms with Gasteiger partial charge in [0.05, 0.1) is 0 Å². The molecule has 0 saturated carbocycles. The third-order valence-corrected chi connectivity index (χ3v) is 4.19. The molecular formula is C14H19ClN4O. The number of carbonyl (C=O) groups is 1. The number of carbonyl (C=O) groups excluding carboxylic acids is 1. The maximum atomic E-state index is 12.2. The van der Waals surface area contributed by atoms with E-state index in [2.05, 4.69) is 15.5 Å². The third kappa shape index (κ3) is 3.06. The Bertz CT molecular complexity index is 484. The number of amides is 2. The predicted octanol–water partition coefficient (Wildman–Crippen LogP) is 1.46. The molecule has 2 aliphatic rings. The van der Waals surface area contributed by atoms with Crippen molar-refractivity contribution in [3.05, 3.63) is 29.3 Å². The number of piperazine rings is 1. The lowest BCUT2D eigenvalue weighted by Gasteiger charge is -2.43. The Balaban J connectivity index is 1.51. The van der Waals surface area contributed by atoms with Crippen LogP contribution in [0.2, 0.25) is 5.02 Å². The first-order chi connectivity index (χ1) is 9.72. The van der Waals surface area contributed by atoms with Crippen LogP contribution in [0.3, 0.4) is 0 Å². The number of rotatable bonds is 2. The summed E-state index contributed by atoms with van der Waals surface area (Å²) in [6.45, 7) is 5.62. The molecule has 2 saturated heterocycles. The van der Waals surface area contributed by atoms with Gasteiger partial charge in [0.2, 0.25) is 0 Å². The van der Waals surface area contributed by atoms with Gasteiger partial charge in [-0.1, -0.05) is 17.7 Å². The second kappa shape index (κ2) is 5.99. The van der Waals surface area contributed by atoms with Gasteiger partial charge in [0.15, 0.2) is 0 Å². The van der Waals surface area contributed by atoms with Crippen molar-refractivity contribution in [1.29, 1.82) is 0 Å². The molecule has 2 heterocycles. The standard InChI is InChI=1S/C14H19ClN4O/c15-11-2-1-3-12(8-11)17-14(20)19-6-4-18(5-7-19)13-9-16-10-13/h1-3,8,13,16H,4-7,9-10H2,(H,17,20). The summed E-state index contributed by atoms with van der Waals surface area (Å²) in [6, 6.07) is 7.85. The zero-order valence-corrected chi connectivity index (χ0v) is 12.1. The molecule has 0 bridgehead atoms. The number of nitrogens with one attached hydrogen (secondary N) is 2. The topological polar surface area (TPSA) is 47.6 Å². The van der Waals surface area contributed by atoms with Crippen molar-refractivity contribution in [1.82, 2.24) is 15.1 Å². The number of hydrogen-bond acceptors (Lipinski definition) is 3. The van der Waals surface area contributed by atoms with Crippen LogP contribution in [0.1, 0.15) is 0 Å². The molecule has 1 aromatic rings. The summed E-state index contributed by atoms with van der Waals surface area (Å²) < 4.78 is 0. The average molecular weight is 295 g/mol. The van der Waals surface area contributed by atoms with E-state index >= 15 is 0 Å². The van der Waals surface area contributed by atoms with Gasteiger partial charge >= 0.3 is 6.03 Å². The van der Waals surface area contributed by atoms with E-state index in [-0.39, 0.29) is 6.03 Å². The van der Waals surface area contributed by atoms with E-state index in [1.54, 1.807) is 12.1 Å². The second-order valence-electron chi connectivity index (χ2n) is 5.28.